The number of carbonyl (C=O) groups is 1. The van der Waals surface area contributed by atoms with Gasteiger partial charge in [0.05, 0.1) is 5.75 Å². The minimum atomic E-state index is 0.228. The van der Waals surface area contributed by atoms with E-state index in [-0.39, 0.29) is 5.91 Å². The van der Waals surface area contributed by atoms with Crippen molar-refractivity contribution in [1.29, 1.82) is 0 Å². The van der Waals surface area contributed by atoms with Crippen LogP contribution in [0.3, 0.4) is 0 Å². The predicted octanol–water partition coefficient (Wildman–Crippen LogP) is 4.56. The molecule has 4 rings (SSSR count). The molecule has 0 N–H and O–H groups in total. The van der Waals surface area contributed by atoms with Crippen LogP contribution < -0.4 is 4.90 Å². The van der Waals surface area contributed by atoms with Gasteiger partial charge in [-0.25, -0.2) is 0 Å². The van der Waals surface area contributed by atoms with Gasteiger partial charge in [-0.05, 0) is 43.7 Å². The largest absolute Gasteiger partial charge is 0.358 e. The van der Waals surface area contributed by atoms with Crippen molar-refractivity contribution >= 4 is 39.9 Å². The molecule has 1 saturated carbocycles. The maximum Gasteiger partial charge on any atom is 0.237 e. The van der Waals surface area contributed by atoms with E-state index in [1.165, 1.54) is 44.1 Å². The van der Waals surface area contributed by atoms with Gasteiger partial charge in [0.15, 0.2) is 0 Å². The average Bonchev–Trinajstić information content (AvgIpc) is 3.01. The maximum atomic E-state index is 13.1. The second kappa shape index (κ2) is 7.67. The number of rotatable bonds is 2. The van der Waals surface area contributed by atoms with Crippen molar-refractivity contribution in [3.63, 3.8) is 0 Å². The second-order valence-corrected chi connectivity index (χ2v) is 8.99. The van der Waals surface area contributed by atoms with Crippen LogP contribution in [0.15, 0.2) is 24.3 Å². The van der Waals surface area contributed by atoms with Gasteiger partial charge in [0.25, 0.3) is 0 Å². The summed E-state index contributed by atoms with van der Waals surface area (Å²) in [6, 6.07) is 8.87. The first-order chi connectivity index (χ1) is 12.3. The van der Waals surface area contributed by atoms with E-state index < -0.39 is 0 Å². The Kier molecular flexibility index (Phi) is 5.32. The first kappa shape index (κ1) is 17.3. The number of carbonyl (C=O) groups excluding carboxylic acids is 1. The van der Waals surface area contributed by atoms with Gasteiger partial charge in [-0.15, -0.1) is 0 Å². The number of thiocarbonyl (C=S) groups is 1. The highest BCUT2D eigenvalue weighted by Gasteiger charge is 2.42. The van der Waals surface area contributed by atoms with E-state index in [4.69, 9.17) is 12.2 Å². The summed E-state index contributed by atoms with van der Waals surface area (Å²) >= 11 is 7.14. The third-order valence-electron chi connectivity index (χ3n) is 5.86. The zero-order chi connectivity index (χ0) is 17.2. The second-order valence-electron chi connectivity index (χ2n) is 7.38. The first-order valence-corrected chi connectivity index (χ1v) is 11.0. The number of hydrogen-bond donors (Lipinski definition) is 0. The fraction of sp³-hybridized carbons (Fsp3) is 0.600. The molecule has 1 aliphatic carbocycles. The molecule has 2 heterocycles. The first-order valence-electron chi connectivity index (χ1n) is 9.58. The number of nitrogens with zero attached hydrogens (tertiary/aromatic N) is 2. The molecule has 3 nitrogen and oxygen atoms in total. The Bertz CT molecular complexity index is 657. The predicted molar refractivity (Wildman–Crippen MR) is 109 cm³/mol. The maximum absolute atomic E-state index is 13.1. The quantitative estimate of drug-likeness (QED) is 0.708. The molecule has 134 valence electrons. The van der Waals surface area contributed by atoms with Gasteiger partial charge in [-0.3, -0.25) is 4.79 Å². The number of fused-ring (bicyclic) bond motifs is 3. The zero-order valence-corrected chi connectivity index (χ0v) is 16.3. The summed E-state index contributed by atoms with van der Waals surface area (Å²) < 4.78 is 0.903. The Morgan fingerprint density at radius 2 is 1.84 bits per heavy atom. The zero-order valence-electron chi connectivity index (χ0n) is 14.7. The highest BCUT2D eigenvalue weighted by Crippen LogP contribution is 2.47. The van der Waals surface area contributed by atoms with Crippen LogP contribution in [-0.2, 0) is 4.79 Å². The van der Waals surface area contributed by atoms with Crippen molar-refractivity contribution in [3.8, 4) is 0 Å². The van der Waals surface area contributed by atoms with E-state index >= 15 is 0 Å². The van der Waals surface area contributed by atoms with Gasteiger partial charge in [0.2, 0.25) is 5.91 Å². The normalized spacial score (nSPS) is 25.4. The third kappa shape index (κ3) is 3.45. The smallest absolute Gasteiger partial charge is 0.237 e. The summed E-state index contributed by atoms with van der Waals surface area (Å²) in [5.74, 6) is 1.23. The van der Waals surface area contributed by atoms with Gasteiger partial charge >= 0.3 is 0 Å². The number of thioether (sulfide) groups is 1. The molecule has 1 aromatic carbocycles. The molecule has 2 aliphatic heterocycles. The number of hydrogen-bond acceptors (Lipinski definition) is 3. The summed E-state index contributed by atoms with van der Waals surface area (Å²) in [6.45, 7) is 2.11. The summed E-state index contributed by atoms with van der Waals surface area (Å²) in [5, 5.41) is 0. The molecule has 2 fully saturated rings. The van der Waals surface area contributed by atoms with Crippen LogP contribution in [-0.4, -0.2) is 40.0 Å². The van der Waals surface area contributed by atoms with Crippen LogP contribution in [0.4, 0.5) is 5.69 Å². The van der Waals surface area contributed by atoms with E-state index in [2.05, 4.69) is 34.1 Å². The minimum Gasteiger partial charge on any atom is -0.358 e. The van der Waals surface area contributed by atoms with Gasteiger partial charge in [0.1, 0.15) is 4.32 Å². The fourth-order valence-corrected chi connectivity index (χ4v) is 5.77. The molecule has 0 aromatic heterocycles. The van der Waals surface area contributed by atoms with E-state index in [0.717, 1.165) is 29.5 Å². The summed E-state index contributed by atoms with van der Waals surface area (Å²) in [4.78, 5) is 17.5. The molecule has 1 aromatic rings. The SMILES string of the molecule is O=C(CSC(=S)N1CCCCC1)N1c2ccccc2C2CCCCC21. The van der Waals surface area contributed by atoms with Crippen LogP contribution in [0.2, 0.25) is 0 Å². The molecule has 0 radical (unpaired) electrons. The molecular weight excluding hydrogens is 348 g/mol. The number of amides is 1. The van der Waals surface area contributed by atoms with Gasteiger partial charge in [-0.1, -0.05) is 55.0 Å². The molecule has 3 aliphatic rings. The van der Waals surface area contributed by atoms with E-state index in [1.54, 1.807) is 11.8 Å². The standard InChI is InChI=1S/C20H26N2OS2/c23-19(14-25-20(24)21-12-6-1-7-13-21)22-17-10-4-2-8-15(17)16-9-3-5-11-18(16)22/h2,4,8,10,16,18H,1,3,5-7,9,11-14H2. The van der Waals surface area contributed by atoms with Crippen molar-refractivity contribution in [1.82, 2.24) is 4.90 Å². The topological polar surface area (TPSA) is 23.6 Å². The lowest BCUT2D eigenvalue weighted by molar-refractivity contribution is -0.116. The Balaban J connectivity index is 1.45. The van der Waals surface area contributed by atoms with Crippen LogP contribution >= 0.6 is 24.0 Å². The number of piperidine rings is 1. The Morgan fingerprint density at radius 1 is 1.08 bits per heavy atom. The van der Waals surface area contributed by atoms with Gasteiger partial charge < -0.3 is 9.80 Å². The lowest BCUT2D eigenvalue weighted by Gasteiger charge is -2.32. The molecular formula is C20H26N2OS2. The third-order valence-corrected chi connectivity index (χ3v) is 7.37. The molecule has 25 heavy (non-hydrogen) atoms. The average molecular weight is 375 g/mol. The van der Waals surface area contributed by atoms with Crippen LogP contribution in [0.25, 0.3) is 0 Å². The lowest BCUT2D eigenvalue weighted by atomic mass is 9.82. The van der Waals surface area contributed by atoms with E-state index in [1.807, 2.05) is 0 Å². The summed E-state index contributed by atoms with van der Waals surface area (Å²) in [6.07, 6.45) is 8.60. The van der Waals surface area contributed by atoms with Crippen LogP contribution in [0.5, 0.6) is 0 Å². The number of likely N-dealkylation sites (tertiary alicyclic amines) is 1. The van der Waals surface area contributed by atoms with Crippen molar-refractivity contribution < 1.29 is 4.79 Å². The van der Waals surface area contributed by atoms with E-state index in [9.17, 15) is 4.79 Å². The van der Waals surface area contributed by atoms with Crippen molar-refractivity contribution in [3.05, 3.63) is 29.8 Å². The van der Waals surface area contributed by atoms with E-state index in [0.29, 0.717) is 17.7 Å². The molecule has 1 saturated heterocycles. The van der Waals surface area contributed by atoms with Crippen LogP contribution in [0, 0.1) is 0 Å². The van der Waals surface area contributed by atoms with Crippen molar-refractivity contribution in [2.45, 2.75) is 56.9 Å². The minimum absolute atomic E-state index is 0.228. The molecule has 0 spiro atoms. The fourth-order valence-electron chi connectivity index (χ4n) is 4.66. The molecule has 1 amide bonds. The number of benzene rings is 1. The van der Waals surface area contributed by atoms with Crippen molar-refractivity contribution in [2.75, 3.05) is 23.7 Å². The molecule has 5 heteroatoms. The molecule has 0 bridgehead atoms. The van der Waals surface area contributed by atoms with Gasteiger partial charge in [0, 0.05) is 30.7 Å². The Labute approximate surface area is 160 Å². The molecule has 2 unspecified atom stereocenters. The number of anilines is 1. The monoisotopic (exact) mass is 374 g/mol. The summed E-state index contributed by atoms with van der Waals surface area (Å²) in [7, 11) is 0. The highest BCUT2D eigenvalue weighted by atomic mass is 32.2. The van der Waals surface area contributed by atoms with Crippen LogP contribution in [0.1, 0.15) is 56.4 Å². The number of para-hydroxylation sites is 1. The summed E-state index contributed by atoms with van der Waals surface area (Å²) in [5.41, 5.74) is 2.53. The highest BCUT2D eigenvalue weighted by molar-refractivity contribution is 8.23. The Hall–Kier alpha value is -1.07. The van der Waals surface area contributed by atoms with Crippen molar-refractivity contribution in [2.24, 2.45) is 0 Å². The Morgan fingerprint density at radius 3 is 2.68 bits per heavy atom. The van der Waals surface area contributed by atoms with Gasteiger partial charge in [-0.2, -0.15) is 0 Å². The lowest BCUT2D eigenvalue weighted by Crippen LogP contribution is -2.42. The molecule has 2 atom stereocenters.